The molecule has 1 amide bonds. The van der Waals surface area contributed by atoms with E-state index in [-0.39, 0.29) is 74.5 Å². The van der Waals surface area contributed by atoms with E-state index in [0.29, 0.717) is 43.4 Å². The molecule has 1 saturated heterocycles. The standard InChI is InChI=1S/C59H63N7O17/c1-28-11-10-12-29(2)57(74)62-48-52(72)44-43(45-54(33(6)51(44)71)83-59(8,56(45)73)79-22-17-40(77-9)30(3)53(80-34(7)67)32(5)50(70)31(4)49(28)69)47-55(48)82-41-24-36(23-39(68)46(41)61-47)64-20-18-63(19-21-64)35-13-15-37(16-14-35)78-27-38-25-65-26-42(66(75)76)60-58(65)81-38/h10-17,22-24,26-28,30-32,40,49-50,53,68-71H,18-21,25H2,1-9H3,(H,62,74)/b11-10+,22-17+,29-12-,38-27+/t28-,30+,31+,32+,40-,49-,50+,53+,59-/m0/s1. The maximum Gasteiger partial charge on any atom is 0.420 e. The van der Waals surface area contributed by atoms with Gasteiger partial charge in [-0.05, 0) is 49.1 Å². The van der Waals surface area contributed by atoms with Gasteiger partial charge < -0.3 is 78.5 Å². The average Bonchev–Trinajstić information content (AvgIpc) is 1.96. The zero-order valence-corrected chi connectivity index (χ0v) is 46.9. The zero-order chi connectivity index (χ0) is 59.5. The molecular formula is C59H63N7O17. The van der Waals surface area contributed by atoms with Gasteiger partial charge in [0.25, 0.3) is 11.7 Å². The number of nitro groups is 1. The molecule has 1 aromatic heterocycles. The summed E-state index contributed by atoms with van der Waals surface area (Å²) in [7, 11) is 1.42. The summed E-state index contributed by atoms with van der Waals surface area (Å²) in [6.45, 7) is 14.8. The first-order valence-electron chi connectivity index (χ1n) is 27.0. The van der Waals surface area contributed by atoms with Crippen LogP contribution < -0.4 is 34.8 Å². The number of rotatable bonds is 7. The third-order valence-corrected chi connectivity index (χ3v) is 16.0. The number of aliphatic hydroxyl groups excluding tert-OH is 2. The van der Waals surface area contributed by atoms with Crippen LogP contribution in [0, 0.1) is 40.7 Å². The van der Waals surface area contributed by atoms with Crippen LogP contribution in [0.4, 0.5) is 22.9 Å². The number of piperazine rings is 1. The number of ether oxygens (including phenoxy) is 6. The van der Waals surface area contributed by atoms with Crippen LogP contribution in [-0.4, -0.2) is 121 Å². The molecule has 436 valence electrons. The second kappa shape index (κ2) is 22.4. The van der Waals surface area contributed by atoms with Crippen molar-refractivity contribution in [2.24, 2.45) is 23.7 Å². The number of aliphatic hydroxyl groups is 2. The molecule has 5 N–H and O–H groups in total. The molecule has 4 bridgehead atoms. The van der Waals surface area contributed by atoms with Gasteiger partial charge in [0.2, 0.25) is 5.43 Å². The molecule has 3 aromatic carbocycles. The lowest BCUT2D eigenvalue weighted by atomic mass is 9.78. The lowest BCUT2D eigenvalue weighted by molar-refractivity contribution is -0.389. The van der Waals surface area contributed by atoms with Gasteiger partial charge in [-0.3, -0.25) is 23.7 Å². The van der Waals surface area contributed by atoms with Crippen LogP contribution in [-0.2, 0) is 30.3 Å². The summed E-state index contributed by atoms with van der Waals surface area (Å²) in [5.74, 6) is -7.62. The third kappa shape index (κ3) is 10.6. The number of esters is 1. The summed E-state index contributed by atoms with van der Waals surface area (Å²) in [4.78, 5) is 80.1. The van der Waals surface area contributed by atoms with Crippen molar-refractivity contribution in [1.29, 1.82) is 0 Å². The number of nitrogens with one attached hydrogen (secondary N) is 1. The summed E-state index contributed by atoms with van der Waals surface area (Å²) < 4.78 is 43.5. The smallest absolute Gasteiger partial charge is 0.420 e. The summed E-state index contributed by atoms with van der Waals surface area (Å²) in [5, 5.41) is 60.1. The van der Waals surface area contributed by atoms with Crippen LogP contribution in [0.2, 0.25) is 0 Å². The number of amides is 1. The summed E-state index contributed by atoms with van der Waals surface area (Å²) >= 11 is 0. The number of carbonyl (C=O) groups excluding carboxylic acids is 3. The van der Waals surface area contributed by atoms with Gasteiger partial charge in [0.1, 0.15) is 58.5 Å². The monoisotopic (exact) mass is 1140 g/mol. The second-order valence-electron chi connectivity index (χ2n) is 21.6. The van der Waals surface area contributed by atoms with Crippen molar-refractivity contribution < 1.29 is 72.6 Å². The van der Waals surface area contributed by atoms with Crippen LogP contribution in [0.25, 0.3) is 33.3 Å². The topological polar surface area (TPSA) is 310 Å². The Morgan fingerprint density at radius 3 is 2.29 bits per heavy atom. The zero-order valence-electron chi connectivity index (χ0n) is 46.9. The highest BCUT2D eigenvalue weighted by molar-refractivity contribution is 6.22. The number of fused-ring (bicyclic) bond motifs is 3. The van der Waals surface area contributed by atoms with E-state index in [0.717, 1.165) is 5.69 Å². The van der Waals surface area contributed by atoms with E-state index in [2.05, 4.69) is 15.2 Å². The van der Waals surface area contributed by atoms with Crippen LogP contribution >= 0.6 is 0 Å². The minimum atomic E-state index is -2.13. The number of methoxy groups -OCH3 is 1. The van der Waals surface area contributed by atoms with Crippen molar-refractivity contribution in [1.82, 2.24) is 14.5 Å². The summed E-state index contributed by atoms with van der Waals surface area (Å²) in [5.41, 5.74) is -0.203. The molecule has 0 saturated carbocycles. The van der Waals surface area contributed by atoms with E-state index < -0.39 is 98.7 Å². The molecule has 0 radical (unpaired) electrons. The number of benzene rings is 4. The number of hydrogen-bond donors (Lipinski definition) is 5. The largest absolute Gasteiger partial charge is 0.507 e. The number of aromatic hydroxyl groups is 2. The molecule has 0 spiro atoms. The van der Waals surface area contributed by atoms with Crippen molar-refractivity contribution in [3.8, 4) is 40.5 Å². The van der Waals surface area contributed by atoms with E-state index in [9.17, 15) is 44.9 Å². The fourth-order valence-electron chi connectivity index (χ4n) is 11.2. The number of phenolic OH excluding ortho intramolecular Hbond substituents is 2. The van der Waals surface area contributed by atoms with Gasteiger partial charge in [-0.25, -0.2) is 4.98 Å². The summed E-state index contributed by atoms with van der Waals surface area (Å²) in [6.07, 6.45) is 5.99. The minimum absolute atomic E-state index is 0.00300. The van der Waals surface area contributed by atoms with Gasteiger partial charge >= 0.3 is 23.6 Å². The second-order valence-corrected chi connectivity index (χ2v) is 21.6. The molecule has 6 aliphatic rings. The molecule has 1 aliphatic carbocycles. The van der Waals surface area contributed by atoms with Gasteiger partial charge in [-0.15, -0.1) is 0 Å². The van der Waals surface area contributed by atoms with E-state index in [1.54, 1.807) is 58.0 Å². The normalized spacial score (nSPS) is 27.0. The molecule has 4 aromatic rings. The number of hydrogen-bond acceptors (Lipinski definition) is 21. The molecule has 0 unspecified atom stereocenters. The molecular weight excluding hydrogens is 1080 g/mol. The molecule has 24 heteroatoms. The van der Waals surface area contributed by atoms with Crippen molar-refractivity contribution in [2.45, 2.75) is 92.1 Å². The van der Waals surface area contributed by atoms with Crippen molar-refractivity contribution in [3.05, 3.63) is 122 Å². The van der Waals surface area contributed by atoms with Crippen LogP contribution in [0.5, 0.6) is 29.0 Å². The quantitative estimate of drug-likeness (QED) is 0.0260. The lowest BCUT2D eigenvalue weighted by Gasteiger charge is -2.38. The first kappa shape index (κ1) is 57.2. The maximum absolute atomic E-state index is 15.1. The van der Waals surface area contributed by atoms with Gasteiger partial charge in [0, 0.05) is 116 Å². The molecule has 9 atom stereocenters. The molecule has 1 fully saturated rings. The Morgan fingerprint density at radius 2 is 1.63 bits per heavy atom. The molecule has 5 aliphatic heterocycles. The Labute approximate surface area is 474 Å². The highest BCUT2D eigenvalue weighted by atomic mass is 16.7. The SMILES string of the molecule is CO[C@H]1/C=C/O[C@@]2(C)Oc3c(C)c(O)c4c(=O)c(c5oc6cc(N7CCN(c8ccc(O/C=C9\Cn%10cc([N+](=O)[O-])nc%10O9)cc8)CC7)cc(O)c6nc-5c4c3C2=O)NC(=O)/C(C)=C\C=C\[C@H](C)[C@H](O)[C@@H](C)[C@@H](O)[C@@H](C)[C@H](OC(C)=O)[C@@H]1C. The number of nitrogens with zero attached hydrogens (tertiary/aromatic N) is 6. The van der Waals surface area contributed by atoms with Gasteiger partial charge in [-0.1, -0.05) is 45.9 Å². The minimum Gasteiger partial charge on any atom is -0.507 e. The van der Waals surface area contributed by atoms with E-state index in [4.69, 9.17) is 37.8 Å². The average molecular weight is 1140 g/mol. The first-order chi connectivity index (χ1) is 39.5. The molecule has 83 heavy (non-hydrogen) atoms. The number of carbonyl (C=O) groups is 3. The van der Waals surface area contributed by atoms with E-state index in [1.165, 1.54) is 76.3 Å². The number of anilines is 3. The highest BCUT2D eigenvalue weighted by Crippen LogP contribution is 2.51. The fraction of sp³-hybridized carbons (Fsp3) is 0.390. The van der Waals surface area contributed by atoms with Gasteiger partial charge in [0.15, 0.2) is 17.1 Å². The van der Waals surface area contributed by atoms with Gasteiger partial charge in [-0.2, -0.15) is 0 Å². The number of ketones is 1. The Balaban J connectivity index is 0.991. The van der Waals surface area contributed by atoms with Crippen LogP contribution in [0.1, 0.15) is 64.4 Å². The Hall–Kier alpha value is -9.00. The van der Waals surface area contributed by atoms with Crippen LogP contribution in [0.3, 0.4) is 0 Å². The first-order valence-corrected chi connectivity index (χ1v) is 27.0. The highest BCUT2D eigenvalue weighted by Gasteiger charge is 2.50. The van der Waals surface area contributed by atoms with Crippen molar-refractivity contribution in [3.63, 3.8) is 0 Å². The maximum atomic E-state index is 15.1. The number of imidazole rings is 1. The van der Waals surface area contributed by atoms with E-state index >= 15 is 4.79 Å². The Kier molecular flexibility index (Phi) is 15.4. The molecule has 10 rings (SSSR count). The fourth-order valence-corrected chi connectivity index (χ4v) is 11.2. The molecule has 24 nitrogen and oxygen atoms in total. The molecule has 6 heterocycles. The third-order valence-electron chi connectivity index (χ3n) is 16.0. The lowest BCUT2D eigenvalue weighted by Crippen LogP contribution is -2.46. The summed E-state index contributed by atoms with van der Waals surface area (Å²) in [6, 6.07) is 10.7. The van der Waals surface area contributed by atoms with Gasteiger partial charge in [0.05, 0.1) is 42.1 Å². The predicted octanol–water partition coefficient (Wildman–Crippen LogP) is 7.40. The number of Topliss-reactive ketones (excluding diaryl/α,β-unsaturated/α-hetero) is 1. The van der Waals surface area contributed by atoms with Crippen molar-refractivity contribution >= 4 is 62.4 Å². The number of aromatic nitrogens is 3. The van der Waals surface area contributed by atoms with E-state index in [1.807, 2.05) is 17.0 Å². The van der Waals surface area contributed by atoms with Crippen molar-refractivity contribution in [2.75, 3.05) is 48.4 Å². The Morgan fingerprint density at radius 1 is 0.928 bits per heavy atom. The van der Waals surface area contributed by atoms with Crippen LogP contribution in [0.15, 0.2) is 100.0 Å². The number of allylic oxidation sites excluding steroid dienone is 3. The Bertz CT molecular complexity index is 3720. The predicted molar refractivity (Wildman–Crippen MR) is 302 cm³/mol. The number of phenols is 2.